The molecule has 5 nitrogen and oxygen atoms in total. The third kappa shape index (κ3) is 4.54. The van der Waals surface area contributed by atoms with E-state index in [1.54, 1.807) is 11.4 Å². The molecule has 0 aromatic rings. The zero-order valence-corrected chi connectivity index (χ0v) is 11.4. The largest absolute Gasteiger partial charge is 0.385 e. The molecule has 1 saturated heterocycles. The Morgan fingerprint density at radius 1 is 1.35 bits per heavy atom. The number of hydrogen-bond donors (Lipinski definition) is 1. The fourth-order valence-corrected chi connectivity index (χ4v) is 4.03. The molecule has 1 aliphatic rings. The zero-order valence-electron chi connectivity index (χ0n) is 10.6. The first-order chi connectivity index (χ1) is 8.11. The zero-order chi connectivity index (χ0) is 12.7. The molecule has 1 aliphatic heterocycles. The van der Waals surface area contributed by atoms with Crippen molar-refractivity contribution in [2.24, 2.45) is 5.73 Å². The van der Waals surface area contributed by atoms with Crippen LogP contribution in [0.5, 0.6) is 0 Å². The van der Waals surface area contributed by atoms with Crippen molar-refractivity contribution < 1.29 is 13.2 Å². The average Bonchev–Trinajstić information content (AvgIpc) is 2.54. The summed E-state index contributed by atoms with van der Waals surface area (Å²) in [6.45, 7) is 1.53. The summed E-state index contributed by atoms with van der Waals surface area (Å²) in [6.07, 6.45) is 4.55. The van der Waals surface area contributed by atoms with Crippen LogP contribution >= 0.6 is 0 Å². The highest BCUT2D eigenvalue weighted by molar-refractivity contribution is 7.89. The van der Waals surface area contributed by atoms with Gasteiger partial charge in [-0.15, -0.1) is 0 Å². The van der Waals surface area contributed by atoms with E-state index in [9.17, 15) is 8.42 Å². The lowest BCUT2D eigenvalue weighted by Gasteiger charge is -2.28. The minimum Gasteiger partial charge on any atom is -0.385 e. The van der Waals surface area contributed by atoms with Crippen LogP contribution in [-0.4, -0.2) is 51.3 Å². The van der Waals surface area contributed by atoms with Gasteiger partial charge in [0.05, 0.1) is 5.75 Å². The molecule has 1 heterocycles. The first-order valence-electron chi connectivity index (χ1n) is 6.30. The number of rotatable bonds is 6. The van der Waals surface area contributed by atoms with Gasteiger partial charge in [0.1, 0.15) is 0 Å². The first kappa shape index (κ1) is 14.9. The second-order valence-corrected chi connectivity index (χ2v) is 6.55. The van der Waals surface area contributed by atoms with E-state index in [0.717, 1.165) is 25.7 Å². The molecule has 0 aromatic heterocycles. The number of ether oxygens (including phenoxy) is 1. The van der Waals surface area contributed by atoms with E-state index >= 15 is 0 Å². The molecule has 0 aliphatic carbocycles. The lowest BCUT2D eigenvalue weighted by atomic mass is 10.1. The number of sulfonamides is 1. The van der Waals surface area contributed by atoms with Crippen LogP contribution in [0, 0.1) is 0 Å². The summed E-state index contributed by atoms with van der Waals surface area (Å²) in [5.74, 6) is 0.164. The van der Waals surface area contributed by atoms with E-state index in [2.05, 4.69) is 0 Å². The predicted molar refractivity (Wildman–Crippen MR) is 68.3 cm³/mol. The van der Waals surface area contributed by atoms with E-state index < -0.39 is 10.0 Å². The third-order valence-electron chi connectivity index (χ3n) is 3.20. The quantitative estimate of drug-likeness (QED) is 0.711. The Labute approximate surface area is 104 Å². The van der Waals surface area contributed by atoms with Crippen molar-refractivity contribution in [2.75, 3.05) is 32.6 Å². The minimum absolute atomic E-state index is 0.00922. The van der Waals surface area contributed by atoms with Gasteiger partial charge in [-0.1, -0.05) is 12.8 Å². The van der Waals surface area contributed by atoms with Crippen molar-refractivity contribution in [2.45, 2.75) is 38.1 Å². The molecule has 1 atom stereocenters. The van der Waals surface area contributed by atoms with Crippen LogP contribution in [0.2, 0.25) is 0 Å². The smallest absolute Gasteiger partial charge is 0.214 e. The van der Waals surface area contributed by atoms with Crippen LogP contribution in [0.25, 0.3) is 0 Å². The lowest BCUT2D eigenvalue weighted by molar-refractivity contribution is 0.199. The fraction of sp³-hybridized carbons (Fsp3) is 1.00. The highest BCUT2D eigenvalue weighted by Crippen LogP contribution is 2.20. The normalized spacial score (nSPS) is 23.5. The molecule has 0 aromatic carbocycles. The first-order valence-corrected chi connectivity index (χ1v) is 7.91. The second-order valence-electron chi connectivity index (χ2n) is 4.51. The van der Waals surface area contributed by atoms with Gasteiger partial charge in [-0.3, -0.25) is 0 Å². The maximum absolute atomic E-state index is 12.2. The SMILES string of the molecule is COCCCS(=O)(=O)N1CCCCCC1CN. The van der Waals surface area contributed by atoms with Gasteiger partial charge in [-0.2, -0.15) is 4.31 Å². The van der Waals surface area contributed by atoms with E-state index in [1.165, 1.54) is 0 Å². The topological polar surface area (TPSA) is 72.6 Å². The minimum atomic E-state index is -3.17. The highest BCUT2D eigenvalue weighted by Gasteiger charge is 2.29. The second kappa shape index (κ2) is 7.31. The molecule has 0 radical (unpaired) electrons. The van der Waals surface area contributed by atoms with Crippen molar-refractivity contribution in [1.29, 1.82) is 0 Å². The van der Waals surface area contributed by atoms with Gasteiger partial charge in [-0.25, -0.2) is 8.42 Å². The summed E-state index contributed by atoms with van der Waals surface area (Å²) in [7, 11) is -1.58. The summed E-state index contributed by atoms with van der Waals surface area (Å²) in [5, 5.41) is 0. The standard InChI is InChI=1S/C11H24N2O3S/c1-16-8-5-9-17(14,15)13-7-4-2-3-6-11(13)10-12/h11H,2-10,12H2,1H3. The monoisotopic (exact) mass is 264 g/mol. The van der Waals surface area contributed by atoms with Crippen molar-refractivity contribution in [1.82, 2.24) is 4.31 Å². The summed E-state index contributed by atoms with van der Waals surface area (Å²) in [6, 6.07) is -0.00922. The molecule has 2 N–H and O–H groups in total. The van der Waals surface area contributed by atoms with Gasteiger partial charge < -0.3 is 10.5 Å². The molecule has 1 fully saturated rings. The Balaban J connectivity index is 2.64. The van der Waals surface area contributed by atoms with Crippen LogP contribution < -0.4 is 5.73 Å². The summed E-state index contributed by atoms with van der Waals surface area (Å²) >= 11 is 0. The fourth-order valence-electron chi connectivity index (χ4n) is 2.26. The molecule has 6 heteroatoms. The Morgan fingerprint density at radius 2 is 2.12 bits per heavy atom. The third-order valence-corrected chi connectivity index (χ3v) is 5.20. The highest BCUT2D eigenvalue weighted by atomic mass is 32.2. The molecule has 0 amide bonds. The van der Waals surface area contributed by atoms with Crippen LogP contribution in [0.15, 0.2) is 0 Å². The van der Waals surface area contributed by atoms with Gasteiger partial charge in [0.2, 0.25) is 10.0 Å². The lowest BCUT2D eigenvalue weighted by Crippen LogP contribution is -2.45. The summed E-state index contributed by atoms with van der Waals surface area (Å²) in [4.78, 5) is 0. The molecule has 0 saturated carbocycles. The molecular formula is C11H24N2O3S. The van der Waals surface area contributed by atoms with E-state index in [-0.39, 0.29) is 11.8 Å². The Kier molecular flexibility index (Phi) is 6.40. The molecule has 17 heavy (non-hydrogen) atoms. The Morgan fingerprint density at radius 3 is 2.76 bits per heavy atom. The van der Waals surface area contributed by atoms with Gasteiger partial charge in [0.15, 0.2) is 0 Å². The van der Waals surface area contributed by atoms with E-state index in [0.29, 0.717) is 26.1 Å². The van der Waals surface area contributed by atoms with Crippen molar-refractivity contribution in [3.63, 3.8) is 0 Å². The van der Waals surface area contributed by atoms with Gasteiger partial charge in [-0.05, 0) is 19.3 Å². The molecule has 102 valence electrons. The van der Waals surface area contributed by atoms with Crippen LogP contribution in [-0.2, 0) is 14.8 Å². The molecule has 1 rings (SSSR count). The summed E-state index contributed by atoms with van der Waals surface area (Å²) < 4.78 is 30.9. The molecule has 0 spiro atoms. The maximum Gasteiger partial charge on any atom is 0.214 e. The number of nitrogens with two attached hydrogens (primary N) is 1. The number of hydrogen-bond acceptors (Lipinski definition) is 4. The number of nitrogens with zero attached hydrogens (tertiary/aromatic N) is 1. The number of methoxy groups -OCH3 is 1. The van der Waals surface area contributed by atoms with Crippen molar-refractivity contribution >= 4 is 10.0 Å². The van der Waals surface area contributed by atoms with Crippen molar-refractivity contribution in [3.8, 4) is 0 Å². The van der Waals surface area contributed by atoms with Crippen LogP contribution in [0.1, 0.15) is 32.1 Å². The Hall–Kier alpha value is -0.170. The van der Waals surface area contributed by atoms with Gasteiger partial charge in [0.25, 0.3) is 0 Å². The molecule has 1 unspecified atom stereocenters. The average molecular weight is 264 g/mol. The maximum atomic E-state index is 12.2. The van der Waals surface area contributed by atoms with E-state index in [4.69, 9.17) is 10.5 Å². The van der Waals surface area contributed by atoms with Crippen LogP contribution in [0.3, 0.4) is 0 Å². The van der Waals surface area contributed by atoms with Crippen molar-refractivity contribution in [3.05, 3.63) is 0 Å². The predicted octanol–water partition coefficient (Wildman–Crippen LogP) is 0.556. The van der Waals surface area contributed by atoms with Crippen LogP contribution in [0.4, 0.5) is 0 Å². The summed E-state index contributed by atoms with van der Waals surface area (Å²) in [5.41, 5.74) is 5.68. The molecular weight excluding hydrogens is 240 g/mol. The van der Waals surface area contributed by atoms with E-state index in [1.807, 2.05) is 0 Å². The Bertz CT molecular complexity index is 306. The molecule has 0 bridgehead atoms. The van der Waals surface area contributed by atoms with Gasteiger partial charge in [0, 0.05) is 32.8 Å². The van der Waals surface area contributed by atoms with Gasteiger partial charge >= 0.3 is 0 Å².